The van der Waals surface area contributed by atoms with Crippen LogP contribution in [0.2, 0.25) is 0 Å². The summed E-state index contributed by atoms with van der Waals surface area (Å²) in [5.74, 6) is 0. The van der Waals surface area contributed by atoms with Crippen molar-refractivity contribution in [2.45, 2.75) is 6.10 Å². The van der Waals surface area contributed by atoms with E-state index in [0.717, 1.165) is 0 Å². The highest BCUT2D eigenvalue weighted by atomic mass is 16.5. The van der Waals surface area contributed by atoms with Gasteiger partial charge in [-0.3, -0.25) is 0 Å². The van der Waals surface area contributed by atoms with Crippen molar-refractivity contribution in [1.82, 2.24) is 5.16 Å². The summed E-state index contributed by atoms with van der Waals surface area (Å²) in [6, 6.07) is 1.72. The fourth-order valence-electron chi connectivity index (χ4n) is 0.710. The van der Waals surface area contributed by atoms with E-state index in [-0.39, 0.29) is 6.10 Å². The fourth-order valence-corrected chi connectivity index (χ4v) is 0.710. The van der Waals surface area contributed by atoms with Crippen LogP contribution in [0.1, 0.15) is 0 Å². The Kier molecular flexibility index (Phi) is 4.18. The maximum absolute atomic E-state index is 5.04. The number of hydrogen-bond donors (Lipinski definition) is 0. The molecular weight excluding hydrogens is 166 g/mol. The van der Waals surface area contributed by atoms with Gasteiger partial charge in [0, 0.05) is 0 Å². The molecule has 3 heteroatoms. The Morgan fingerprint density at radius 2 is 2.31 bits per heavy atom. The summed E-state index contributed by atoms with van der Waals surface area (Å²) in [6.45, 7) is 3.57. The van der Waals surface area contributed by atoms with Crippen molar-refractivity contribution in [2.75, 3.05) is 0 Å². The summed E-state index contributed by atoms with van der Waals surface area (Å²) < 4.78 is 9.38. The topological polar surface area (TPSA) is 35.3 Å². The number of nitrogens with zero attached hydrogens (tertiary/aromatic N) is 1. The molecule has 0 N–H and O–H groups in total. The van der Waals surface area contributed by atoms with Crippen LogP contribution in [-0.2, 0) is 4.74 Å². The molecule has 0 aliphatic carbocycles. The van der Waals surface area contributed by atoms with Crippen LogP contribution in [-0.4, -0.2) is 11.3 Å². The van der Waals surface area contributed by atoms with Crippen molar-refractivity contribution in [3.8, 4) is 0 Å². The minimum absolute atomic E-state index is 0.0833. The largest absolute Gasteiger partial charge is 0.490 e. The smallest absolute Gasteiger partial charge is 0.134 e. The van der Waals surface area contributed by atoms with Gasteiger partial charge >= 0.3 is 0 Å². The SMILES string of the molecule is C=CC1C=CC=CO1.c1cnoc1. The zero-order chi connectivity index (χ0) is 9.36. The molecule has 2 heterocycles. The number of ether oxygens (including phenoxy) is 1. The summed E-state index contributed by atoms with van der Waals surface area (Å²) >= 11 is 0. The Bertz CT molecular complexity index is 258. The number of rotatable bonds is 1. The molecule has 0 amide bonds. The van der Waals surface area contributed by atoms with Gasteiger partial charge in [0.05, 0.1) is 12.5 Å². The first-order chi connectivity index (χ1) is 6.43. The molecule has 0 spiro atoms. The summed E-state index contributed by atoms with van der Waals surface area (Å²) in [4.78, 5) is 0. The van der Waals surface area contributed by atoms with Crippen LogP contribution in [0, 0.1) is 0 Å². The van der Waals surface area contributed by atoms with E-state index in [1.54, 1.807) is 24.6 Å². The van der Waals surface area contributed by atoms with Crippen molar-refractivity contribution >= 4 is 0 Å². The molecule has 1 atom stereocenters. The molecule has 0 fully saturated rings. The first-order valence-corrected chi connectivity index (χ1v) is 3.89. The van der Waals surface area contributed by atoms with E-state index in [4.69, 9.17) is 4.74 Å². The predicted molar refractivity (Wildman–Crippen MR) is 49.9 cm³/mol. The number of aromatic nitrogens is 1. The third kappa shape index (κ3) is 3.96. The van der Waals surface area contributed by atoms with Gasteiger partial charge in [-0.05, 0) is 24.3 Å². The second kappa shape index (κ2) is 5.83. The van der Waals surface area contributed by atoms with Gasteiger partial charge in [0.15, 0.2) is 0 Å². The van der Waals surface area contributed by atoms with E-state index in [1.807, 2.05) is 18.2 Å². The molecule has 0 bridgehead atoms. The minimum Gasteiger partial charge on any atom is -0.490 e. The van der Waals surface area contributed by atoms with Crippen LogP contribution in [0.25, 0.3) is 0 Å². The van der Waals surface area contributed by atoms with Gasteiger partial charge in [-0.1, -0.05) is 17.8 Å². The summed E-state index contributed by atoms with van der Waals surface area (Å²) in [5.41, 5.74) is 0. The summed E-state index contributed by atoms with van der Waals surface area (Å²) in [5, 5.41) is 3.35. The average Bonchev–Trinajstić information content (AvgIpc) is 2.77. The van der Waals surface area contributed by atoms with E-state index >= 15 is 0 Å². The van der Waals surface area contributed by atoms with Crippen molar-refractivity contribution in [3.63, 3.8) is 0 Å². The number of hydrogen-bond acceptors (Lipinski definition) is 3. The highest BCUT2D eigenvalue weighted by molar-refractivity contribution is 5.11. The van der Waals surface area contributed by atoms with E-state index in [9.17, 15) is 0 Å². The average molecular weight is 177 g/mol. The van der Waals surface area contributed by atoms with Crippen LogP contribution in [0.15, 0.2) is 60.2 Å². The second-order valence-electron chi connectivity index (χ2n) is 2.24. The molecule has 0 radical (unpaired) electrons. The third-order valence-corrected chi connectivity index (χ3v) is 1.31. The second-order valence-corrected chi connectivity index (χ2v) is 2.24. The van der Waals surface area contributed by atoms with Crippen molar-refractivity contribution in [2.24, 2.45) is 0 Å². The Morgan fingerprint density at radius 3 is 2.62 bits per heavy atom. The Labute approximate surface area is 77.0 Å². The minimum atomic E-state index is 0.0833. The molecule has 13 heavy (non-hydrogen) atoms. The maximum atomic E-state index is 5.04. The van der Waals surface area contributed by atoms with Crippen LogP contribution in [0.5, 0.6) is 0 Å². The molecule has 68 valence electrons. The van der Waals surface area contributed by atoms with Crippen molar-refractivity contribution < 1.29 is 9.26 Å². The Balaban J connectivity index is 0.000000145. The van der Waals surface area contributed by atoms with E-state index in [1.165, 1.54) is 6.26 Å². The van der Waals surface area contributed by atoms with Gasteiger partial charge in [0.1, 0.15) is 12.4 Å². The fraction of sp³-hybridized carbons (Fsp3) is 0.100. The molecule has 0 saturated carbocycles. The molecule has 2 rings (SSSR count). The first-order valence-electron chi connectivity index (χ1n) is 3.89. The molecule has 0 saturated heterocycles. The standard InChI is InChI=1S/C7H8O.C3H3NO/c1-2-7-5-3-4-6-8-7;1-2-4-5-3-1/h2-7H,1H2;1-3H. The summed E-state index contributed by atoms with van der Waals surface area (Å²) in [6.07, 6.45) is 12.3. The normalized spacial score (nSPS) is 18.3. The zero-order valence-corrected chi connectivity index (χ0v) is 7.17. The molecule has 1 aromatic heterocycles. The first kappa shape index (κ1) is 9.32. The van der Waals surface area contributed by atoms with Crippen LogP contribution in [0.3, 0.4) is 0 Å². The highest BCUT2D eigenvalue weighted by Gasteiger charge is 1.96. The van der Waals surface area contributed by atoms with Gasteiger partial charge in [0.25, 0.3) is 0 Å². The van der Waals surface area contributed by atoms with Gasteiger partial charge < -0.3 is 9.26 Å². The van der Waals surface area contributed by atoms with Gasteiger partial charge in [-0.15, -0.1) is 0 Å². The van der Waals surface area contributed by atoms with Crippen molar-refractivity contribution in [3.05, 3.63) is 55.7 Å². The number of allylic oxidation sites excluding steroid dienone is 2. The maximum Gasteiger partial charge on any atom is 0.134 e. The lowest BCUT2D eigenvalue weighted by Gasteiger charge is -2.08. The molecule has 1 aromatic rings. The van der Waals surface area contributed by atoms with Gasteiger partial charge in [0.2, 0.25) is 0 Å². The van der Waals surface area contributed by atoms with E-state index < -0.39 is 0 Å². The Morgan fingerprint density at radius 1 is 1.38 bits per heavy atom. The van der Waals surface area contributed by atoms with Crippen LogP contribution < -0.4 is 0 Å². The zero-order valence-electron chi connectivity index (χ0n) is 7.17. The molecular formula is C10H11NO2. The lowest BCUT2D eigenvalue weighted by atomic mass is 10.3. The van der Waals surface area contributed by atoms with Crippen LogP contribution >= 0.6 is 0 Å². The molecule has 1 aliphatic rings. The van der Waals surface area contributed by atoms with Gasteiger partial charge in [-0.2, -0.15) is 0 Å². The van der Waals surface area contributed by atoms with Gasteiger partial charge in [-0.25, -0.2) is 0 Å². The quantitative estimate of drug-likeness (QED) is 0.617. The monoisotopic (exact) mass is 177 g/mol. The summed E-state index contributed by atoms with van der Waals surface area (Å²) in [7, 11) is 0. The molecule has 1 unspecified atom stereocenters. The highest BCUT2D eigenvalue weighted by Crippen LogP contribution is 2.01. The lowest BCUT2D eigenvalue weighted by Crippen LogP contribution is -2.02. The van der Waals surface area contributed by atoms with E-state index in [2.05, 4.69) is 16.3 Å². The molecule has 3 nitrogen and oxygen atoms in total. The molecule has 0 aromatic carbocycles. The molecule has 1 aliphatic heterocycles. The van der Waals surface area contributed by atoms with Crippen LogP contribution in [0.4, 0.5) is 0 Å². The Hall–Kier alpha value is -1.77. The van der Waals surface area contributed by atoms with Crippen molar-refractivity contribution in [1.29, 1.82) is 0 Å². The van der Waals surface area contributed by atoms with E-state index in [0.29, 0.717) is 0 Å². The lowest BCUT2D eigenvalue weighted by molar-refractivity contribution is 0.224. The third-order valence-electron chi connectivity index (χ3n) is 1.31. The predicted octanol–water partition coefficient (Wildman–Crippen LogP) is 2.32.